The maximum atomic E-state index is 12.1. The summed E-state index contributed by atoms with van der Waals surface area (Å²) in [4.78, 5) is 12.1. The van der Waals surface area contributed by atoms with Crippen molar-refractivity contribution < 1.29 is 9.90 Å². The largest absolute Gasteiger partial charge is 0.507 e. The number of hydrogen-bond donors (Lipinski definition) is 2. The van der Waals surface area contributed by atoms with Gasteiger partial charge in [-0.1, -0.05) is 56.3 Å². The first-order valence-electron chi connectivity index (χ1n) is 8.20. The van der Waals surface area contributed by atoms with Crippen LogP contribution in [-0.2, 0) is 0 Å². The maximum absolute atomic E-state index is 12.1. The van der Waals surface area contributed by atoms with Gasteiger partial charge >= 0.3 is 0 Å². The van der Waals surface area contributed by atoms with Crippen LogP contribution in [-0.4, -0.2) is 17.2 Å². The summed E-state index contributed by atoms with van der Waals surface area (Å²) in [6.07, 6.45) is 1.45. The quantitative estimate of drug-likeness (QED) is 0.548. The molecule has 0 saturated carbocycles. The number of phenols is 1. The monoisotopic (exact) mass is 332 g/mol. The first-order chi connectivity index (χ1) is 12.1. The van der Waals surface area contributed by atoms with Crippen molar-refractivity contribution in [3.05, 3.63) is 77.4 Å². The lowest BCUT2D eigenvalue weighted by molar-refractivity contribution is 0.0955. The lowest BCUT2D eigenvalue weighted by Crippen LogP contribution is -2.17. The van der Waals surface area contributed by atoms with E-state index >= 15 is 0 Å². The van der Waals surface area contributed by atoms with E-state index < -0.39 is 0 Å². The zero-order valence-electron chi connectivity index (χ0n) is 14.2. The number of nitrogens with one attached hydrogen (secondary N) is 1. The van der Waals surface area contributed by atoms with Crippen molar-refractivity contribution in [1.29, 1.82) is 0 Å². The van der Waals surface area contributed by atoms with Gasteiger partial charge in [-0.15, -0.1) is 0 Å². The van der Waals surface area contributed by atoms with E-state index in [2.05, 4.69) is 24.4 Å². The third-order valence-electron chi connectivity index (χ3n) is 4.14. The van der Waals surface area contributed by atoms with Crippen molar-refractivity contribution in [3.8, 4) is 5.75 Å². The van der Waals surface area contributed by atoms with Crippen LogP contribution in [0.1, 0.15) is 41.3 Å². The summed E-state index contributed by atoms with van der Waals surface area (Å²) < 4.78 is 0. The van der Waals surface area contributed by atoms with Gasteiger partial charge < -0.3 is 5.11 Å². The second-order valence-electron chi connectivity index (χ2n) is 6.20. The summed E-state index contributed by atoms with van der Waals surface area (Å²) in [5.74, 6) is 0.287. The van der Waals surface area contributed by atoms with Gasteiger partial charge in [0.25, 0.3) is 5.91 Å². The third-order valence-corrected chi connectivity index (χ3v) is 4.14. The standard InChI is InChI=1S/C21H20N2O2/c1-14(2)15-7-10-17(11-8-15)21(25)23-22-13-18-12-9-16-5-3-4-6-19(16)20(18)24/h3-14,24H,1-2H3,(H,23,25)/b22-13+. The Morgan fingerprint density at radius 2 is 1.76 bits per heavy atom. The van der Waals surface area contributed by atoms with E-state index in [0.717, 1.165) is 10.8 Å². The molecule has 0 radical (unpaired) electrons. The Labute approximate surface area is 146 Å². The zero-order chi connectivity index (χ0) is 17.8. The fraction of sp³-hybridized carbons (Fsp3) is 0.143. The number of nitrogens with zero attached hydrogens (tertiary/aromatic N) is 1. The van der Waals surface area contributed by atoms with Gasteiger partial charge in [0.15, 0.2) is 0 Å². The van der Waals surface area contributed by atoms with E-state index in [1.165, 1.54) is 11.8 Å². The molecule has 126 valence electrons. The minimum Gasteiger partial charge on any atom is -0.507 e. The first-order valence-corrected chi connectivity index (χ1v) is 8.20. The zero-order valence-corrected chi connectivity index (χ0v) is 14.2. The second-order valence-corrected chi connectivity index (χ2v) is 6.20. The van der Waals surface area contributed by atoms with Gasteiger partial charge in [-0.25, -0.2) is 5.43 Å². The number of rotatable bonds is 4. The predicted molar refractivity (Wildman–Crippen MR) is 101 cm³/mol. The number of carbonyl (C=O) groups is 1. The Kier molecular flexibility index (Phi) is 4.80. The van der Waals surface area contributed by atoms with Crippen molar-refractivity contribution in [2.24, 2.45) is 5.10 Å². The van der Waals surface area contributed by atoms with Crippen LogP contribution >= 0.6 is 0 Å². The molecule has 0 fully saturated rings. The average Bonchev–Trinajstić information content (AvgIpc) is 2.64. The van der Waals surface area contributed by atoms with Gasteiger partial charge in [0, 0.05) is 16.5 Å². The summed E-state index contributed by atoms with van der Waals surface area (Å²) in [6.45, 7) is 4.21. The van der Waals surface area contributed by atoms with E-state index in [0.29, 0.717) is 17.0 Å². The molecule has 0 heterocycles. The minimum absolute atomic E-state index is 0.150. The molecule has 4 nitrogen and oxygen atoms in total. The van der Waals surface area contributed by atoms with Gasteiger partial charge in [-0.2, -0.15) is 5.10 Å². The molecule has 0 unspecified atom stereocenters. The highest BCUT2D eigenvalue weighted by molar-refractivity contribution is 5.98. The summed E-state index contributed by atoms with van der Waals surface area (Å²) >= 11 is 0. The van der Waals surface area contributed by atoms with Crippen LogP contribution in [0, 0.1) is 0 Å². The van der Waals surface area contributed by atoms with Crippen LogP contribution in [0.5, 0.6) is 5.75 Å². The molecule has 3 aromatic carbocycles. The number of benzene rings is 3. The smallest absolute Gasteiger partial charge is 0.271 e. The molecule has 0 spiro atoms. The topological polar surface area (TPSA) is 61.7 Å². The Morgan fingerprint density at radius 1 is 1.04 bits per heavy atom. The van der Waals surface area contributed by atoms with E-state index in [1.807, 2.05) is 42.5 Å². The van der Waals surface area contributed by atoms with Crippen LogP contribution in [0.2, 0.25) is 0 Å². The van der Waals surface area contributed by atoms with Crippen molar-refractivity contribution in [3.63, 3.8) is 0 Å². The van der Waals surface area contributed by atoms with Gasteiger partial charge in [0.1, 0.15) is 5.75 Å². The fourth-order valence-corrected chi connectivity index (χ4v) is 2.62. The van der Waals surface area contributed by atoms with Crippen molar-refractivity contribution in [1.82, 2.24) is 5.43 Å². The second kappa shape index (κ2) is 7.18. The lowest BCUT2D eigenvalue weighted by Gasteiger charge is -2.06. The number of amides is 1. The minimum atomic E-state index is -0.285. The van der Waals surface area contributed by atoms with E-state index in [9.17, 15) is 9.90 Å². The molecule has 0 aliphatic carbocycles. The van der Waals surface area contributed by atoms with E-state index in [-0.39, 0.29) is 11.7 Å². The number of hydrogen-bond acceptors (Lipinski definition) is 3. The highest BCUT2D eigenvalue weighted by Gasteiger charge is 2.06. The number of carbonyl (C=O) groups excluding carboxylic acids is 1. The van der Waals surface area contributed by atoms with Crippen LogP contribution in [0.15, 0.2) is 65.8 Å². The SMILES string of the molecule is CC(C)c1ccc(C(=O)N/N=C/c2ccc3ccccc3c2O)cc1. The van der Waals surface area contributed by atoms with Crippen LogP contribution in [0.25, 0.3) is 10.8 Å². The number of aromatic hydroxyl groups is 1. The summed E-state index contributed by atoms with van der Waals surface area (Å²) in [5, 5.41) is 16.0. The van der Waals surface area contributed by atoms with Gasteiger partial charge in [0.2, 0.25) is 0 Å². The first kappa shape index (κ1) is 16.7. The molecule has 2 N–H and O–H groups in total. The molecule has 1 amide bonds. The van der Waals surface area contributed by atoms with Crippen LogP contribution in [0.4, 0.5) is 0 Å². The number of fused-ring (bicyclic) bond motifs is 1. The van der Waals surface area contributed by atoms with Gasteiger partial charge in [0.05, 0.1) is 6.21 Å². The van der Waals surface area contributed by atoms with Crippen molar-refractivity contribution in [2.45, 2.75) is 19.8 Å². The van der Waals surface area contributed by atoms with Crippen LogP contribution in [0.3, 0.4) is 0 Å². The number of phenolic OH excluding ortho intramolecular Hbond substituents is 1. The Morgan fingerprint density at radius 3 is 2.48 bits per heavy atom. The van der Waals surface area contributed by atoms with Gasteiger partial charge in [-0.3, -0.25) is 4.79 Å². The van der Waals surface area contributed by atoms with E-state index in [4.69, 9.17) is 0 Å². The van der Waals surface area contributed by atoms with E-state index in [1.54, 1.807) is 18.2 Å². The molecule has 3 rings (SSSR count). The molecule has 4 heteroatoms. The summed E-state index contributed by atoms with van der Waals surface area (Å²) in [7, 11) is 0. The van der Waals surface area contributed by atoms with Crippen molar-refractivity contribution in [2.75, 3.05) is 0 Å². The van der Waals surface area contributed by atoms with Crippen LogP contribution < -0.4 is 5.43 Å². The normalized spacial score (nSPS) is 11.3. The fourth-order valence-electron chi connectivity index (χ4n) is 2.62. The van der Waals surface area contributed by atoms with Gasteiger partial charge in [-0.05, 0) is 35.1 Å². The predicted octanol–water partition coefficient (Wildman–Crippen LogP) is 4.43. The molecular weight excluding hydrogens is 312 g/mol. The number of hydrazone groups is 1. The molecule has 0 aliphatic rings. The average molecular weight is 332 g/mol. The molecule has 0 aromatic heterocycles. The summed E-state index contributed by atoms with van der Waals surface area (Å²) in [6, 6.07) is 18.7. The molecule has 0 bridgehead atoms. The molecule has 0 atom stereocenters. The molecule has 25 heavy (non-hydrogen) atoms. The Balaban J connectivity index is 1.72. The maximum Gasteiger partial charge on any atom is 0.271 e. The Bertz CT molecular complexity index is 928. The highest BCUT2D eigenvalue weighted by atomic mass is 16.3. The molecule has 0 aliphatic heterocycles. The highest BCUT2D eigenvalue weighted by Crippen LogP contribution is 2.27. The lowest BCUT2D eigenvalue weighted by atomic mass is 10.0. The molecule has 0 saturated heterocycles. The Hall–Kier alpha value is -3.14. The molecular formula is C21H20N2O2. The summed E-state index contributed by atoms with van der Waals surface area (Å²) in [5.41, 5.74) is 4.77. The van der Waals surface area contributed by atoms with Crippen molar-refractivity contribution >= 4 is 22.9 Å². The molecule has 3 aromatic rings. The third kappa shape index (κ3) is 3.69.